The van der Waals surface area contributed by atoms with Crippen LogP contribution in [0.4, 0.5) is 11.4 Å². The zero-order chi connectivity index (χ0) is 17.9. The third-order valence-electron chi connectivity index (χ3n) is 3.36. The molecule has 0 saturated carbocycles. The average molecular weight is 348 g/mol. The van der Waals surface area contributed by atoms with Gasteiger partial charge < -0.3 is 10.1 Å². The normalized spacial score (nSPS) is 10.3. The summed E-state index contributed by atoms with van der Waals surface area (Å²) in [6.45, 7) is 4.87. The minimum absolute atomic E-state index is 0.0797. The Bertz CT molecular complexity index is 813. The van der Waals surface area contributed by atoms with Crippen molar-refractivity contribution in [3.8, 4) is 0 Å². The molecule has 1 N–H and O–H groups in total. The number of carbonyl (C=O) groups is 2. The predicted molar refractivity (Wildman–Crippen MR) is 90.5 cm³/mol. The van der Waals surface area contributed by atoms with E-state index in [1.165, 1.54) is 23.5 Å². The maximum atomic E-state index is 11.9. The molecular weight excluding hydrogens is 332 g/mol. The summed E-state index contributed by atoms with van der Waals surface area (Å²) in [6.07, 6.45) is 0. The van der Waals surface area contributed by atoms with Crippen molar-refractivity contribution in [2.45, 2.75) is 20.8 Å². The molecule has 0 aliphatic heterocycles. The Hall–Kier alpha value is -2.74. The van der Waals surface area contributed by atoms with E-state index in [9.17, 15) is 19.7 Å². The Kier molecular flexibility index (Phi) is 5.30. The van der Waals surface area contributed by atoms with E-state index in [4.69, 9.17) is 4.74 Å². The van der Waals surface area contributed by atoms with Crippen LogP contribution in [-0.2, 0) is 9.53 Å². The molecule has 1 amide bonds. The van der Waals surface area contributed by atoms with Gasteiger partial charge in [0.05, 0.1) is 4.92 Å². The molecule has 0 bridgehead atoms. The van der Waals surface area contributed by atoms with Crippen LogP contribution in [-0.4, -0.2) is 23.4 Å². The molecule has 7 nitrogen and oxygen atoms in total. The van der Waals surface area contributed by atoms with Crippen LogP contribution in [0.15, 0.2) is 24.3 Å². The molecule has 0 spiro atoms. The van der Waals surface area contributed by atoms with Gasteiger partial charge in [-0.2, -0.15) is 0 Å². The number of carbonyl (C=O) groups excluding carboxylic acids is 2. The van der Waals surface area contributed by atoms with E-state index in [-0.39, 0.29) is 11.4 Å². The fraction of sp³-hybridized carbons (Fsp3) is 0.250. The Morgan fingerprint density at radius 2 is 1.88 bits per heavy atom. The average Bonchev–Trinajstić information content (AvgIpc) is 2.94. The summed E-state index contributed by atoms with van der Waals surface area (Å²) in [5.41, 5.74) is 1.43. The number of nitro groups is 1. The summed E-state index contributed by atoms with van der Waals surface area (Å²) in [5.74, 6) is -1.24. The van der Waals surface area contributed by atoms with Crippen LogP contribution in [0.5, 0.6) is 0 Å². The zero-order valence-electron chi connectivity index (χ0n) is 13.4. The smallest absolute Gasteiger partial charge is 0.348 e. The second-order valence-corrected chi connectivity index (χ2v) is 6.53. The molecule has 1 aromatic heterocycles. The van der Waals surface area contributed by atoms with Crippen molar-refractivity contribution in [1.29, 1.82) is 0 Å². The first-order valence-corrected chi connectivity index (χ1v) is 7.88. The number of amides is 1. The number of hydrogen-bond donors (Lipinski definition) is 1. The molecule has 0 aliphatic rings. The van der Waals surface area contributed by atoms with Crippen molar-refractivity contribution >= 4 is 34.6 Å². The Labute approximate surface area is 142 Å². The third kappa shape index (κ3) is 4.17. The summed E-state index contributed by atoms with van der Waals surface area (Å²) in [4.78, 5) is 35.6. The molecule has 1 heterocycles. The van der Waals surface area contributed by atoms with Gasteiger partial charge in [-0.1, -0.05) is 0 Å². The number of nitrogens with zero attached hydrogens (tertiary/aromatic N) is 1. The second-order valence-electron chi connectivity index (χ2n) is 5.25. The van der Waals surface area contributed by atoms with Crippen LogP contribution >= 0.6 is 11.3 Å². The van der Waals surface area contributed by atoms with Gasteiger partial charge in [0, 0.05) is 10.9 Å². The molecular formula is C16H16N2O5S. The second kappa shape index (κ2) is 7.22. The number of hydrogen-bond acceptors (Lipinski definition) is 6. The third-order valence-corrected chi connectivity index (χ3v) is 4.34. The van der Waals surface area contributed by atoms with Gasteiger partial charge in [0.2, 0.25) is 0 Å². The minimum atomic E-state index is -0.636. The lowest BCUT2D eigenvalue weighted by Gasteiger charge is -2.09. The van der Waals surface area contributed by atoms with E-state index in [2.05, 4.69) is 5.32 Å². The maximum absolute atomic E-state index is 11.9. The predicted octanol–water partition coefficient (Wildman–Crippen LogP) is 3.38. The zero-order valence-corrected chi connectivity index (χ0v) is 14.2. The number of nitrogens with one attached hydrogen (secondary N) is 1. The molecule has 126 valence electrons. The van der Waals surface area contributed by atoms with E-state index in [0.29, 0.717) is 4.88 Å². The Morgan fingerprint density at radius 1 is 1.21 bits per heavy atom. The quantitative estimate of drug-likeness (QED) is 0.507. The number of esters is 1. The van der Waals surface area contributed by atoms with Gasteiger partial charge in [-0.25, -0.2) is 4.79 Å². The van der Waals surface area contributed by atoms with E-state index in [1.807, 2.05) is 6.92 Å². The molecule has 0 fully saturated rings. The highest BCUT2D eigenvalue weighted by Gasteiger charge is 2.18. The maximum Gasteiger partial charge on any atom is 0.348 e. The molecule has 0 aliphatic carbocycles. The van der Waals surface area contributed by atoms with Gasteiger partial charge in [-0.15, -0.1) is 11.3 Å². The molecule has 2 rings (SSSR count). The molecule has 8 heteroatoms. The van der Waals surface area contributed by atoms with E-state index in [0.717, 1.165) is 16.0 Å². The molecule has 0 unspecified atom stereocenters. The monoisotopic (exact) mass is 348 g/mol. The fourth-order valence-corrected chi connectivity index (χ4v) is 2.75. The molecule has 1 aromatic carbocycles. The van der Waals surface area contributed by atoms with Gasteiger partial charge in [-0.05, 0) is 50.1 Å². The number of ether oxygens (including phenoxy) is 1. The van der Waals surface area contributed by atoms with E-state index >= 15 is 0 Å². The lowest BCUT2D eigenvalue weighted by atomic mass is 10.1. The van der Waals surface area contributed by atoms with Crippen molar-refractivity contribution in [3.63, 3.8) is 0 Å². The van der Waals surface area contributed by atoms with Crippen LogP contribution in [0, 0.1) is 30.9 Å². The van der Waals surface area contributed by atoms with Gasteiger partial charge in [0.1, 0.15) is 10.6 Å². The molecule has 0 radical (unpaired) electrons. The standard InChI is InChI=1S/C16H16N2O5S/c1-9-6-12(13(18(21)22)7-10(9)2)17-15(19)8-23-16(20)14-5-4-11(3)24-14/h4-7H,8H2,1-3H3,(H,17,19). The van der Waals surface area contributed by atoms with Crippen molar-refractivity contribution in [1.82, 2.24) is 0 Å². The number of benzene rings is 1. The van der Waals surface area contributed by atoms with Gasteiger partial charge in [0.15, 0.2) is 6.61 Å². The Balaban J connectivity index is 2.03. The van der Waals surface area contributed by atoms with Crippen LogP contribution in [0.1, 0.15) is 25.7 Å². The van der Waals surface area contributed by atoms with E-state index < -0.39 is 23.4 Å². The summed E-state index contributed by atoms with van der Waals surface area (Å²) in [5, 5.41) is 13.5. The van der Waals surface area contributed by atoms with Crippen LogP contribution in [0.2, 0.25) is 0 Å². The number of anilines is 1. The first-order chi connectivity index (χ1) is 11.3. The number of rotatable bonds is 5. The van der Waals surface area contributed by atoms with Crippen molar-refractivity contribution in [2.24, 2.45) is 0 Å². The largest absolute Gasteiger partial charge is 0.451 e. The first kappa shape index (κ1) is 17.6. The van der Waals surface area contributed by atoms with Crippen molar-refractivity contribution in [2.75, 3.05) is 11.9 Å². The topological polar surface area (TPSA) is 98.5 Å². The summed E-state index contributed by atoms with van der Waals surface area (Å²) in [6, 6.07) is 6.31. The van der Waals surface area contributed by atoms with Crippen molar-refractivity contribution in [3.05, 3.63) is 55.3 Å². The fourth-order valence-electron chi connectivity index (χ4n) is 1.98. The molecule has 24 heavy (non-hydrogen) atoms. The molecule has 2 aromatic rings. The summed E-state index contributed by atoms with van der Waals surface area (Å²) >= 11 is 1.27. The highest BCUT2D eigenvalue weighted by molar-refractivity contribution is 7.13. The minimum Gasteiger partial charge on any atom is -0.451 e. The highest BCUT2D eigenvalue weighted by atomic mass is 32.1. The Morgan fingerprint density at radius 3 is 2.46 bits per heavy atom. The lowest BCUT2D eigenvalue weighted by molar-refractivity contribution is -0.384. The number of nitro benzene ring substituents is 1. The first-order valence-electron chi connectivity index (χ1n) is 7.07. The van der Waals surface area contributed by atoms with Gasteiger partial charge in [0.25, 0.3) is 11.6 Å². The van der Waals surface area contributed by atoms with Crippen LogP contribution in [0.3, 0.4) is 0 Å². The molecule has 0 atom stereocenters. The SMILES string of the molecule is Cc1ccc(C(=O)OCC(=O)Nc2cc(C)c(C)cc2[N+](=O)[O-])s1. The highest BCUT2D eigenvalue weighted by Crippen LogP contribution is 2.27. The summed E-state index contributed by atoms with van der Waals surface area (Å²) < 4.78 is 4.92. The number of aryl methyl sites for hydroxylation is 3. The van der Waals surface area contributed by atoms with Gasteiger partial charge >= 0.3 is 5.97 Å². The number of thiophene rings is 1. The van der Waals surface area contributed by atoms with Gasteiger partial charge in [-0.3, -0.25) is 14.9 Å². The van der Waals surface area contributed by atoms with Crippen LogP contribution < -0.4 is 5.32 Å². The lowest BCUT2D eigenvalue weighted by Crippen LogP contribution is -2.21. The summed E-state index contributed by atoms with van der Waals surface area (Å²) in [7, 11) is 0. The van der Waals surface area contributed by atoms with Crippen LogP contribution in [0.25, 0.3) is 0 Å². The van der Waals surface area contributed by atoms with Crippen molar-refractivity contribution < 1.29 is 19.2 Å². The molecule has 0 saturated heterocycles. The van der Waals surface area contributed by atoms with E-state index in [1.54, 1.807) is 26.0 Å².